The number of rotatable bonds is 6. The molecule has 0 aliphatic carbocycles. The summed E-state index contributed by atoms with van der Waals surface area (Å²) in [6.07, 6.45) is 8.61. The zero-order valence-electron chi connectivity index (χ0n) is 15.2. The highest BCUT2D eigenvalue weighted by Gasteiger charge is 2.14. The quantitative estimate of drug-likeness (QED) is 0.677. The van der Waals surface area contributed by atoms with E-state index in [2.05, 4.69) is 63.1 Å². The van der Waals surface area contributed by atoms with Crippen LogP contribution in [0.4, 0.5) is 11.6 Å². The van der Waals surface area contributed by atoms with E-state index in [0.29, 0.717) is 17.8 Å². The third-order valence-electron chi connectivity index (χ3n) is 4.15. The van der Waals surface area contributed by atoms with Gasteiger partial charge in [-0.25, -0.2) is 4.98 Å². The van der Waals surface area contributed by atoms with Crippen LogP contribution in [-0.2, 0) is 6.54 Å². The number of hydrogen-bond donors (Lipinski definition) is 2. The van der Waals surface area contributed by atoms with Gasteiger partial charge in [0.25, 0.3) is 0 Å². The lowest BCUT2D eigenvalue weighted by atomic mass is 9.93. The molecular formula is C18H30N6. The summed E-state index contributed by atoms with van der Waals surface area (Å²) in [5.41, 5.74) is 1.83. The van der Waals surface area contributed by atoms with E-state index in [1.165, 1.54) is 6.42 Å². The highest BCUT2D eigenvalue weighted by molar-refractivity contribution is 5.76. The van der Waals surface area contributed by atoms with E-state index < -0.39 is 0 Å². The number of aromatic amines is 1. The molecule has 132 valence electrons. The van der Waals surface area contributed by atoms with Crippen molar-refractivity contribution in [2.45, 2.75) is 47.6 Å². The van der Waals surface area contributed by atoms with Gasteiger partial charge in [-0.05, 0) is 17.9 Å². The first-order valence-electron chi connectivity index (χ1n) is 8.75. The van der Waals surface area contributed by atoms with Gasteiger partial charge in [-0.2, -0.15) is 10.1 Å². The van der Waals surface area contributed by atoms with E-state index in [-0.39, 0.29) is 1.43 Å². The number of nitrogens with one attached hydrogen (secondary N) is 2. The molecule has 0 amide bonds. The molecule has 2 N–H and O–H groups in total. The van der Waals surface area contributed by atoms with E-state index in [1.807, 2.05) is 20.0 Å². The predicted molar refractivity (Wildman–Crippen MR) is 101 cm³/mol. The van der Waals surface area contributed by atoms with Crippen LogP contribution in [0.25, 0.3) is 11.0 Å². The van der Waals surface area contributed by atoms with E-state index in [9.17, 15) is 0 Å². The second-order valence-electron chi connectivity index (χ2n) is 5.96. The van der Waals surface area contributed by atoms with Gasteiger partial charge in [-0.1, -0.05) is 41.0 Å². The Balaban J connectivity index is 0.00000101. The summed E-state index contributed by atoms with van der Waals surface area (Å²) in [5.74, 6) is 1.90. The van der Waals surface area contributed by atoms with Gasteiger partial charge in [0.15, 0.2) is 0 Å². The Labute approximate surface area is 145 Å². The lowest BCUT2D eigenvalue weighted by Gasteiger charge is -2.20. The van der Waals surface area contributed by atoms with E-state index >= 15 is 0 Å². The topological polar surface area (TPSA) is 71.4 Å². The van der Waals surface area contributed by atoms with Crippen molar-refractivity contribution in [3.63, 3.8) is 0 Å². The third kappa shape index (κ3) is 4.13. The van der Waals surface area contributed by atoms with Gasteiger partial charge >= 0.3 is 0 Å². The maximum atomic E-state index is 4.66. The lowest BCUT2D eigenvalue weighted by Crippen LogP contribution is -2.15. The van der Waals surface area contributed by atoms with Crippen LogP contribution in [0.5, 0.6) is 0 Å². The van der Waals surface area contributed by atoms with Crippen LogP contribution in [0.3, 0.4) is 0 Å². The van der Waals surface area contributed by atoms with E-state index in [4.69, 9.17) is 0 Å². The van der Waals surface area contributed by atoms with Crippen molar-refractivity contribution in [3.05, 3.63) is 30.9 Å². The molecule has 0 saturated heterocycles. The van der Waals surface area contributed by atoms with Crippen LogP contribution in [0.15, 0.2) is 30.9 Å². The minimum absolute atomic E-state index is 0. The van der Waals surface area contributed by atoms with Crippen molar-refractivity contribution < 1.29 is 1.43 Å². The van der Waals surface area contributed by atoms with Crippen LogP contribution < -0.4 is 5.32 Å². The molecular weight excluding hydrogens is 300 g/mol. The Kier molecular flexibility index (Phi) is 6.35. The Hall–Kier alpha value is -2.37. The monoisotopic (exact) mass is 330 g/mol. The SMILES string of the molecule is CC.CC[C@H](Cn1ccc2cnc(Nc3cn[nH]c3)nc21)C(C)C.[HH]. The molecule has 3 rings (SSSR count). The highest BCUT2D eigenvalue weighted by atomic mass is 15.2. The maximum Gasteiger partial charge on any atom is 0.229 e. The minimum atomic E-state index is 0. The average Bonchev–Trinajstić information content (AvgIpc) is 3.24. The zero-order chi connectivity index (χ0) is 17.5. The summed E-state index contributed by atoms with van der Waals surface area (Å²) >= 11 is 0. The Morgan fingerprint density at radius 1 is 1.29 bits per heavy atom. The van der Waals surface area contributed by atoms with Crippen LogP contribution in [0.2, 0.25) is 0 Å². The molecule has 0 aliphatic heterocycles. The molecule has 3 aromatic rings. The molecule has 0 fully saturated rings. The van der Waals surface area contributed by atoms with Crippen molar-refractivity contribution in [2.75, 3.05) is 5.32 Å². The maximum absolute atomic E-state index is 4.66. The molecule has 3 heterocycles. The number of hydrogen-bond acceptors (Lipinski definition) is 4. The Morgan fingerprint density at radius 2 is 2.08 bits per heavy atom. The summed E-state index contributed by atoms with van der Waals surface area (Å²) < 4.78 is 2.23. The van der Waals surface area contributed by atoms with Gasteiger partial charge in [-0.15, -0.1) is 0 Å². The smallest absolute Gasteiger partial charge is 0.229 e. The van der Waals surface area contributed by atoms with Crippen LogP contribution >= 0.6 is 0 Å². The number of H-pyrrole nitrogens is 1. The summed E-state index contributed by atoms with van der Waals surface area (Å²) in [6.45, 7) is 11.8. The highest BCUT2D eigenvalue weighted by Crippen LogP contribution is 2.22. The molecule has 0 bridgehead atoms. The average molecular weight is 330 g/mol. The van der Waals surface area contributed by atoms with Crippen molar-refractivity contribution >= 4 is 22.7 Å². The van der Waals surface area contributed by atoms with Gasteiger partial charge in [0.05, 0.1) is 11.9 Å². The molecule has 0 aliphatic rings. The molecule has 0 radical (unpaired) electrons. The molecule has 0 saturated carbocycles. The molecule has 1 atom stereocenters. The molecule has 6 nitrogen and oxygen atoms in total. The fourth-order valence-electron chi connectivity index (χ4n) is 2.69. The number of aromatic nitrogens is 5. The van der Waals surface area contributed by atoms with Crippen molar-refractivity contribution in [1.82, 2.24) is 24.7 Å². The zero-order valence-corrected chi connectivity index (χ0v) is 15.2. The molecule has 6 heteroatoms. The standard InChI is InChI=1S/C16H22N6.C2H6.H2/c1-4-12(11(2)3)10-22-6-5-13-7-17-16(21-15(13)22)20-14-8-18-19-9-14;1-2;/h5-9,11-12H,4,10H2,1-3H3,(H,18,19)(H,17,20,21);1-2H3;1H/t12-;;/m1../s1. The fourth-order valence-corrected chi connectivity index (χ4v) is 2.69. The molecule has 0 spiro atoms. The summed E-state index contributed by atoms with van der Waals surface area (Å²) in [7, 11) is 0. The van der Waals surface area contributed by atoms with Crippen LogP contribution in [0, 0.1) is 11.8 Å². The molecule has 24 heavy (non-hydrogen) atoms. The number of anilines is 2. The van der Waals surface area contributed by atoms with Gasteiger partial charge in [0.2, 0.25) is 5.95 Å². The number of nitrogens with zero attached hydrogens (tertiary/aromatic N) is 4. The third-order valence-corrected chi connectivity index (χ3v) is 4.15. The van der Waals surface area contributed by atoms with Gasteiger partial charge in [0.1, 0.15) is 5.65 Å². The predicted octanol–water partition coefficient (Wildman–Crippen LogP) is 4.85. The van der Waals surface area contributed by atoms with Crippen LogP contribution in [-0.4, -0.2) is 24.7 Å². The normalized spacial score (nSPS) is 12.1. The van der Waals surface area contributed by atoms with Gasteiger partial charge in [-0.3, -0.25) is 5.10 Å². The largest absolute Gasteiger partial charge is 0.332 e. The summed E-state index contributed by atoms with van der Waals surface area (Å²) in [5, 5.41) is 10.9. The van der Waals surface area contributed by atoms with Crippen molar-refractivity contribution in [3.8, 4) is 0 Å². The lowest BCUT2D eigenvalue weighted by molar-refractivity contribution is 0.328. The Bertz CT molecular complexity index is 735. The van der Waals surface area contributed by atoms with E-state index in [1.54, 1.807) is 12.4 Å². The van der Waals surface area contributed by atoms with Crippen molar-refractivity contribution in [2.24, 2.45) is 11.8 Å². The first-order valence-corrected chi connectivity index (χ1v) is 8.75. The first-order chi connectivity index (χ1) is 11.7. The molecule has 0 unspecified atom stereocenters. The Morgan fingerprint density at radius 3 is 2.71 bits per heavy atom. The van der Waals surface area contributed by atoms with E-state index in [0.717, 1.165) is 23.3 Å². The second-order valence-corrected chi connectivity index (χ2v) is 5.96. The summed E-state index contributed by atoms with van der Waals surface area (Å²) in [4.78, 5) is 9.01. The van der Waals surface area contributed by atoms with Crippen molar-refractivity contribution in [1.29, 1.82) is 0 Å². The van der Waals surface area contributed by atoms with Gasteiger partial charge in [0, 0.05) is 31.9 Å². The first kappa shape index (κ1) is 18.0. The molecule has 0 aromatic carbocycles. The van der Waals surface area contributed by atoms with Gasteiger partial charge < -0.3 is 9.88 Å². The van der Waals surface area contributed by atoms with Crippen LogP contribution in [0.1, 0.15) is 42.5 Å². The minimum Gasteiger partial charge on any atom is -0.332 e. The summed E-state index contributed by atoms with van der Waals surface area (Å²) in [6, 6.07) is 2.07. The number of fused-ring (bicyclic) bond motifs is 1. The fraction of sp³-hybridized carbons (Fsp3) is 0.500. The second kappa shape index (κ2) is 8.47. The molecule has 3 aromatic heterocycles.